The first kappa shape index (κ1) is 15.9. The first-order valence-corrected chi connectivity index (χ1v) is 8.00. The van der Waals surface area contributed by atoms with Gasteiger partial charge < -0.3 is 5.32 Å². The summed E-state index contributed by atoms with van der Waals surface area (Å²) in [5, 5.41) is 4.28. The molecule has 0 aromatic heterocycles. The molecule has 0 radical (unpaired) electrons. The number of nitrogens with one attached hydrogen (secondary N) is 1. The van der Waals surface area contributed by atoms with E-state index in [1.165, 1.54) is 16.9 Å². The highest BCUT2D eigenvalue weighted by Gasteiger charge is 2.04. The Hall–Kier alpha value is -0.180. The van der Waals surface area contributed by atoms with E-state index < -0.39 is 0 Å². The van der Waals surface area contributed by atoms with E-state index in [9.17, 15) is 0 Å². The maximum atomic E-state index is 6.31. The molecule has 0 atom stereocenters. The Morgan fingerprint density at radius 1 is 1.22 bits per heavy atom. The maximum Gasteiger partial charge on any atom is 0.0545 e. The lowest BCUT2D eigenvalue weighted by atomic mass is 10.2. The lowest BCUT2D eigenvalue weighted by molar-refractivity contribution is 0.588. The predicted octanol–water partition coefficient (Wildman–Crippen LogP) is 4.98. The van der Waals surface area contributed by atoms with Crippen molar-refractivity contribution in [3.63, 3.8) is 0 Å². The molecule has 1 nitrogen and oxygen atoms in total. The minimum Gasteiger partial charge on any atom is -0.310 e. The molecule has 1 rings (SSSR count). The Kier molecular flexibility index (Phi) is 7.13. The molecule has 0 aliphatic heterocycles. The van der Waals surface area contributed by atoms with Gasteiger partial charge in [-0.25, -0.2) is 0 Å². The summed E-state index contributed by atoms with van der Waals surface area (Å²) in [5.41, 5.74) is 1.25. The van der Waals surface area contributed by atoms with E-state index in [-0.39, 0.29) is 0 Å². The standard InChI is InChI=1S/C15H24ClNS/c1-11(2)7-8-18-15-6-5-13(9-14(15)16)10-17-12(3)4/h5-6,9,11-12,17H,7-8,10H2,1-4H3. The second-order valence-electron chi connectivity index (χ2n) is 5.33. The van der Waals surface area contributed by atoms with Gasteiger partial charge in [0.2, 0.25) is 0 Å². The number of thioether (sulfide) groups is 1. The van der Waals surface area contributed by atoms with Crippen molar-refractivity contribution in [2.75, 3.05) is 5.75 Å². The molecule has 0 aliphatic carbocycles. The highest BCUT2D eigenvalue weighted by molar-refractivity contribution is 7.99. The van der Waals surface area contributed by atoms with Gasteiger partial charge in [0.25, 0.3) is 0 Å². The Balaban J connectivity index is 2.51. The van der Waals surface area contributed by atoms with Crippen molar-refractivity contribution < 1.29 is 0 Å². The molecule has 0 saturated heterocycles. The summed E-state index contributed by atoms with van der Waals surface area (Å²) in [4.78, 5) is 1.20. The van der Waals surface area contributed by atoms with Gasteiger partial charge in [0.1, 0.15) is 0 Å². The fourth-order valence-electron chi connectivity index (χ4n) is 1.50. The van der Waals surface area contributed by atoms with Gasteiger partial charge in [-0.15, -0.1) is 11.8 Å². The van der Waals surface area contributed by atoms with Crippen molar-refractivity contribution >= 4 is 23.4 Å². The van der Waals surface area contributed by atoms with Crippen LogP contribution in [0.5, 0.6) is 0 Å². The largest absolute Gasteiger partial charge is 0.310 e. The van der Waals surface area contributed by atoms with Gasteiger partial charge in [-0.3, -0.25) is 0 Å². The van der Waals surface area contributed by atoms with E-state index in [0.717, 1.165) is 23.2 Å². The molecule has 0 saturated carbocycles. The van der Waals surface area contributed by atoms with Crippen LogP contribution in [0.15, 0.2) is 23.1 Å². The summed E-state index contributed by atoms with van der Waals surface area (Å²) in [6, 6.07) is 6.89. The molecule has 1 N–H and O–H groups in total. The molecule has 1 aromatic carbocycles. The molecule has 0 heterocycles. The molecular weight excluding hydrogens is 262 g/mol. The van der Waals surface area contributed by atoms with Gasteiger partial charge in [-0.1, -0.05) is 45.4 Å². The lowest BCUT2D eigenvalue weighted by Crippen LogP contribution is -2.21. The Morgan fingerprint density at radius 3 is 2.50 bits per heavy atom. The second-order valence-corrected chi connectivity index (χ2v) is 6.88. The van der Waals surface area contributed by atoms with Gasteiger partial charge in [0.05, 0.1) is 5.02 Å². The minimum atomic E-state index is 0.504. The van der Waals surface area contributed by atoms with Gasteiger partial charge in [-0.05, 0) is 35.8 Å². The molecule has 0 aliphatic rings. The molecule has 102 valence electrons. The smallest absolute Gasteiger partial charge is 0.0545 e. The Morgan fingerprint density at radius 2 is 1.94 bits per heavy atom. The SMILES string of the molecule is CC(C)CCSc1ccc(CNC(C)C)cc1Cl. The molecule has 1 aromatic rings. The van der Waals surface area contributed by atoms with Crippen LogP contribution < -0.4 is 5.32 Å². The summed E-state index contributed by atoms with van der Waals surface area (Å²) in [6.07, 6.45) is 1.23. The fraction of sp³-hybridized carbons (Fsp3) is 0.600. The van der Waals surface area contributed by atoms with Crippen molar-refractivity contribution in [3.8, 4) is 0 Å². The van der Waals surface area contributed by atoms with Gasteiger partial charge in [0, 0.05) is 17.5 Å². The van der Waals surface area contributed by atoms with Crippen LogP contribution in [-0.2, 0) is 6.54 Å². The monoisotopic (exact) mass is 285 g/mol. The molecule has 0 spiro atoms. The number of halogens is 1. The van der Waals surface area contributed by atoms with Crippen molar-refractivity contribution in [2.24, 2.45) is 5.92 Å². The van der Waals surface area contributed by atoms with E-state index in [1.807, 2.05) is 11.8 Å². The van der Waals surface area contributed by atoms with Crippen molar-refractivity contribution in [3.05, 3.63) is 28.8 Å². The third kappa shape index (κ3) is 6.12. The van der Waals surface area contributed by atoms with Crippen LogP contribution in [0.4, 0.5) is 0 Å². The van der Waals surface area contributed by atoms with Gasteiger partial charge in [0.15, 0.2) is 0 Å². The second kappa shape index (κ2) is 8.08. The molecule has 0 fully saturated rings. The Labute approximate surface area is 121 Å². The summed E-state index contributed by atoms with van der Waals surface area (Å²) >= 11 is 8.17. The van der Waals surface area contributed by atoms with E-state index in [1.54, 1.807) is 0 Å². The number of hydrogen-bond donors (Lipinski definition) is 1. The highest BCUT2D eigenvalue weighted by atomic mass is 35.5. The van der Waals surface area contributed by atoms with E-state index in [0.29, 0.717) is 6.04 Å². The molecule has 0 amide bonds. The van der Waals surface area contributed by atoms with E-state index in [2.05, 4.69) is 51.2 Å². The first-order valence-electron chi connectivity index (χ1n) is 6.63. The van der Waals surface area contributed by atoms with Gasteiger partial charge in [-0.2, -0.15) is 0 Å². The van der Waals surface area contributed by atoms with Crippen LogP contribution in [0.25, 0.3) is 0 Å². The third-order valence-electron chi connectivity index (χ3n) is 2.66. The molecule has 3 heteroatoms. The van der Waals surface area contributed by atoms with Crippen LogP contribution in [-0.4, -0.2) is 11.8 Å². The number of benzene rings is 1. The first-order chi connectivity index (χ1) is 8.49. The number of rotatable bonds is 7. The topological polar surface area (TPSA) is 12.0 Å². The number of hydrogen-bond acceptors (Lipinski definition) is 2. The van der Waals surface area contributed by atoms with Crippen LogP contribution in [0, 0.1) is 5.92 Å². The summed E-state index contributed by atoms with van der Waals surface area (Å²) in [7, 11) is 0. The summed E-state index contributed by atoms with van der Waals surface area (Å²) in [6.45, 7) is 9.69. The molecular formula is C15H24ClNS. The normalized spacial score (nSPS) is 11.5. The van der Waals surface area contributed by atoms with Gasteiger partial charge >= 0.3 is 0 Å². The third-order valence-corrected chi connectivity index (χ3v) is 4.20. The zero-order chi connectivity index (χ0) is 13.5. The minimum absolute atomic E-state index is 0.504. The zero-order valence-corrected chi connectivity index (χ0v) is 13.4. The zero-order valence-electron chi connectivity index (χ0n) is 11.8. The van der Waals surface area contributed by atoms with Crippen LogP contribution in [0.2, 0.25) is 5.02 Å². The quantitative estimate of drug-likeness (QED) is 0.710. The van der Waals surface area contributed by atoms with Crippen LogP contribution in [0.3, 0.4) is 0 Å². The average molecular weight is 286 g/mol. The fourth-order valence-corrected chi connectivity index (χ4v) is 3.03. The molecule has 0 unspecified atom stereocenters. The summed E-state index contributed by atoms with van der Waals surface area (Å²) in [5.74, 6) is 1.90. The highest BCUT2D eigenvalue weighted by Crippen LogP contribution is 2.29. The van der Waals surface area contributed by atoms with Crippen molar-refractivity contribution in [1.29, 1.82) is 0 Å². The maximum absolute atomic E-state index is 6.31. The van der Waals surface area contributed by atoms with Crippen LogP contribution >= 0.6 is 23.4 Å². The van der Waals surface area contributed by atoms with Crippen LogP contribution in [0.1, 0.15) is 39.7 Å². The lowest BCUT2D eigenvalue weighted by Gasteiger charge is -2.10. The molecule has 18 heavy (non-hydrogen) atoms. The van der Waals surface area contributed by atoms with Crippen molar-refractivity contribution in [1.82, 2.24) is 5.32 Å². The van der Waals surface area contributed by atoms with E-state index >= 15 is 0 Å². The predicted molar refractivity (Wildman–Crippen MR) is 83.6 cm³/mol. The molecule has 0 bridgehead atoms. The Bertz CT molecular complexity index is 364. The summed E-state index contributed by atoms with van der Waals surface area (Å²) < 4.78 is 0. The van der Waals surface area contributed by atoms with E-state index in [4.69, 9.17) is 11.6 Å². The average Bonchev–Trinajstić information content (AvgIpc) is 2.28. The van der Waals surface area contributed by atoms with Crippen molar-refractivity contribution in [2.45, 2.75) is 51.6 Å².